The van der Waals surface area contributed by atoms with Gasteiger partial charge in [-0.2, -0.15) is 0 Å². The highest BCUT2D eigenvalue weighted by Gasteiger charge is 2.36. The number of hydrogen-bond acceptors (Lipinski definition) is 4. The number of nitrogens with one attached hydrogen (secondary N) is 3. The summed E-state index contributed by atoms with van der Waals surface area (Å²) >= 11 is 6.17. The first kappa shape index (κ1) is 16.9. The topological polar surface area (TPSA) is 79.5 Å². The van der Waals surface area contributed by atoms with Crippen LogP contribution in [0.15, 0.2) is 12.1 Å². The summed E-state index contributed by atoms with van der Waals surface area (Å²) in [6, 6.07) is 3.22. The SMILES string of the molecule is CC1(C(=O)Nc2cc3c(cc2Cl)NC(=O)CO3)CCNC1.Cl. The van der Waals surface area contributed by atoms with E-state index in [1.165, 1.54) is 0 Å². The van der Waals surface area contributed by atoms with E-state index in [9.17, 15) is 9.59 Å². The van der Waals surface area contributed by atoms with Gasteiger partial charge in [-0.1, -0.05) is 11.6 Å². The second-order valence-corrected chi connectivity index (χ2v) is 6.01. The van der Waals surface area contributed by atoms with E-state index in [-0.39, 0.29) is 30.8 Å². The number of benzene rings is 1. The molecule has 2 aliphatic rings. The highest BCUT2D eigenvalue weighted by molar-refractivity contribution is 6.34. The number of carbonyl (C=O) groups is 2. The summed E-state index contributed by atoms with van der Waals surface area (Å²) in [6.07, 6.45) is 0.786. The van der Waals surface area contributed by atoms with Crippen molar-refractivity contribution in [2.24, 2.45) is 5.41 Å². The average Bonchev–Trinajstić information content (AvgIpc) is 2.88. The summed E-state index contributed by atoms with van der Waals surface area (Å²) in [5.74, 6) is 0.207. The molecule has 1 fully saturated rings. The van der Waals surface area contributed by atoms with E-state index in [0.717, 1.165) is 13.0 Å². The third-order valence-electron chi connectivity index (χ3n) is 3.87. The van der Waals surface area contributed by atoms with Gasteiger partial charge in [0, 0.05) is 12.6 Å². The van der Waals surface area contributed by atoms with Crippen LogP contribution in [-0.4, -0.2) is 31.5 Å². The third-order valence-corrected chi connectivity index (χ3v) is 4.18. The fourth-order valence-electron chi connectivity index (χ4n) is 2.48. The van der Waals surface area contributed by atoms with Crippen molar-refractivity contribution >= 4 is 47.2 Å². The zero-order valence-corrected chi connectivity index (χ0v) is 13.6. The van der Waals surface area contributed by atoms with Gasteiger partial charge in [0.15, 0.2) is 6.61 Å². The van der Waals surface area contributed by atoms with Crippen LogP contribution in [0.5, 0.6) is 5.75 Å². The normalized spacial score (nSPS) is 22.9. The second kappa shape index (κ2) is 6.32. The molecule has 1 unspecified atom stereocenters. The number of ether oxygens (including phenoxy) is 1. The van der Waals surface area contributed by atoms with Gasteiger partial charge in [0.05, 0.1) is 21.8 Å². The zero-order chi connectivity index (χ0) is 15.0. The van der Waals surface area contributed by atoms with Gasteiger partial charge in [0.1, 0.15) is 5.75 Å². The van der Waals surface area contributed by atoms with Gasteiger partial charge in [0.2, 0.25) is 5.91 Å². The molecule has 0 aliphatic carbocycles. The number of carbonyl (C=O) groups excluding carboxylic acids is 2. The monoisotopic (exact) mass is 345 g/mol. The maximum atomic E-state index is 12.4. The predicted molar refractivity (Wildman–Crippen MR) is 87.0 cm³/mol. The highest BCUT2D eigenvalue weighted by Crippen LogP contribution is 2.37. The van der Waals surface area contributed by atoms with Crippen LogP contribution in [0.25, 0.3) is 0 Å². The first-order valence-electron chi connectivity index (χ1n) is 6.76. The molecule has 0 aromatic heterocycles. The van der Waals surface area contributed by atoms with Crippen LogP contribution < -0.4 is 20.7 Å². The minimum absolute atomic E-state index is 0. The molecule has 2 aliphatic heterocycles. The van der Waals surface area contributed by atoms with E-state index in [1.807, 2.05) is 6.92 Å². The van der Waals surface area contributed by atoms with E-state index in [4.69, 9.17) is 16.3 Å². The molecular formula is C14H17Cl2N3O3. The van der Waals surface area contributed by atoms with Crippen molar-refractivity contribution in [3.63, 3.8) is 0 Å². The van der Waals surface area contributed by atoms with Crippen molar-refractivity contribution in [1.82, 2.24) is 5.32 Å². The van der Waals surface area contributed by atoms with Crippen molar-refractivity contribution in [2.45, 2.75) is 13.3 Å². The molecule has 6 nitrogen and oxygen atoms in total. The maximum absolute atomic E-state index is 12.4. The molecule has 120 valence electrons. The Labute approximate surface area is 139 Å². The molecule has 3 N–H and O–H groups in total. The smallest absolute Gasteiger partial charge is 0.262 e. The Kier molecular flexibility index (Phi) is 4.84. The summed E-state index contributed by atoms with van der Waals surface area (Å²) in [4.78, 5) is 23.6. The third kappa shape index (κ3) is 3.14. The minimum atomic E-state index is -0.436. The number of halogens is 2. The van der Waals surface area contributed by atoms with Crippen molar-refractivity contribution in [3.8, 4) is 5.75 Å². The minimum Gasteiger partial charge on any atom is -0.482 e. The molecule has 1 saturated heterocycles. The van der Waals surface area contributed by atoms with Crippen LogP contribution in [0.3, 0.4) is 0 Å². The van der Waals surface area contributed by atoms with Crippen LogP contribution in [-0.2, 0) is 9.59 Å². The Bertz CT molecular complexity index is 616. The standard InChI is InChI=1S/C14H16ClN3O3.ClH/c1-14(2-3-16-7-14)13(20)18-9-5-11-10(4-8(9)15)17-12(19)6-21-11;/h4-5,16H,2-3,6-7H2,1H3,(H,17,19)(H,18,20);1H. The van der Waals surface area contributed by atoms with E-state index >= 15 is 0 Å². The molecule has 0 bridgehead atoms. The van der Waals surface area contributed by atoms with E-state index in [0.29, 0.717) is 28.7 Å². The first-order valence-corrected chi connectivity index (χ1v) is 7.14. The Balaban J connectivity index is 0.00000176. The van der Waals surface area contributed by atoms with E-state index < -0.39 is 5.41 Å². The molecule has 22 heavy (non-hydrogen) atoms. The van der Waals surface area contributed by atoms with Gasteiger partial charge in [-0.15, -0.1) is 12.4 Å². The Morgan fingerprint density at radius 1 is 1.45 bits per heavy atom. The van der Waals surface area contributed by atoms with Crippen LogP contribution in [0.4, 0.5) is 11.4 Å². The Morgan fingerprint density at radius 3 is 2.91 bits per heavy atom. The van der Waals surface area contributed by atoms with E-state index in [1.54, 1.807) is 12.1 Å². The molecule has 2 heterocycles. The summed E-state index contributed by atoms with van der Waals surface area (Å²) in [7, 11) is 0. The lowest BCUT2D eigenvalue weighted by atomic mass is 9.88. The van der Waals surface area contributed by atoms with Crippen molar-refractivity contribution < 1.29 is 14.3 Å². The second-order valence-electron chi connectivity index (χ2n) is 5.61. The van der Waals surface area contributed by atoms with Gasteiger partial charge in [-0.3, -0.25) is 9.59 Å². The molecule has 0 radical (unpaired) electrons. The van der Waals surface area contributed by atoms with Crippen LogP contribution in [0.1, 0.15) is 13.3 Å². The van der Waals surface area contributed by atoms with Crippen molar-refractivity contribution in [3.05, 3.63) is 17.2 Å². The maximum Gasteiger partial charge on any atom is 0.262 e. The molecule has 8 heteroatoms. The quantitative estimate of drug-likeness (QED) is 0.766. The zero-order valence-electron chi connectivity index (χ0n) is 12.0. The molecular weight excluding hydrogens is 329 g/mol. The van der Waals surface area contributed by atoms with Gasteiger partial charge < -0.3 is 20.7 Å². The lowest BCUT2D eigenvalue weighted by molar-refractivity contribution is -0.123. The predicted octanol–water partition coefficient (Wildman–Crippen LogP) is 2.03. The fraction of sp³-hybridized carbons (Fsp3) is 0.429. The summed E-state index contributed by atoms with van der Waals surface area (Å²) in [5.41, 5.74) is 0.571. The lowest BCUT2D eigenvalue weighted by Crippen LogP contribution is -2.35. The Hall–Kier alpha value is -1.50. The van der Waals surface area contributed by atoms with Crippen LogP contribution in [0, 0.1) is 5.41 Å². The summed E-state index contributed by atoms with van der Waals surface area (Å²) in [5, 5.41) is 9.07. The molecule has 0 saturated carbocycles. The van der Waals surface area contributed by atoms with Crippen LogP contribution >= 0.6 is 24.0 Å². The number of hydrogen-bond donors (Lipinski definition) is 3. The summed E-state index contributed by atoms with van der Waals surface area (Å²) < 4.78 is 5.33. The number of rotatable bonds is 2. The van der Waals surface area contributed by atoms with Gasteiger partial charge in [-0.25, -0.2) is 0 Å². The first-order chi connectivity index (χ1) is 9.98. The summed E-state index contributed by atoms with van der Waals surface area (Å²) in [6.45, 7) is 3.36. The largest absolute Gasteiger partial charge is 0.482 e. The fourth-order valence-corrected chi connectivity index (χ4v) is 2.69. The number of anilines is 2. The molecule has 1 atom stereocenters. The van der Waals surface area contributed by atoms with Gasteiger partial charge >= 0.3 is 0 Å². The van der Waals surface area contributed by atoms with Crippen molar-refractivity contribution in [1.29, 1.82) is 0 Å². The van der Waals surface area contributed by atoms with Gasteiger partial charge in [-0.05, 0) is 26.0 Å². The Morgan fingerprint density at radius 2 is 2.23 bits per heavy atom. The molecule has 2 amide bonds. The molecule has 0 spiro atoms. The van der Waals surface area contributed by atoms with Gasteiger partial charge in [0.25, 0.3) is 5.91 Å². The van der Waals surface area contributed by atoms with Crippen molar-refractivity contribution in [2.75, 3.05) is 30.3 Å². The van der Waals surface area contributed by atoms with E-state index in [2.05, 4.69) is 16.0 Å². The lowest BCUT2D eigenvalue weighted by Gasteiger charge is -2.23. The average molecular weight is 346 g/mol. The molecule has 1 aromatic rings. The molecule has 3 rings (SSSR count). The molecule has 1 aromatic carbocycles. The number of fused-ring (bicyclic) bond motifs is 1. The van der Waals surface area contributed by atoms with Crippen LogP contribution in [0.2, 0.25) is 5.02 Å². The highest BCUT2D eigenvalue weighted by atomic mass is 35.5. The number of amides is 2.